The molecule has 1 saturated heterocycles. The van der Waals surface area contributed by atoms with Crippen LogP contribution in [-0.2, 0) is 10.0 Å². The summed E-state index contributed by atoms with van der Waals surface area (Å²) in [7, 11) is -3.50. The van der Waals surface area contributed by atoms with Crippen molar-refractivity contribution in [3.05, 3.63) is 29.8 Å². The number of hydrogen-bond donors (Lipinski definition) is 1. The number of rotatable bonds is 5. The van der Waals surface area contributed by atoms with E-state index in [4.69, 9.17) is 5.73 Å². The Morgan fingerprint density at radius 3 is 2.28 bits per heavy atom. The summed E-state index contributed by atoms with van der Waals surface area (Å²) in [5.41, 5.74) is 6.51. The molecule has 0 radical (unpaired) electrons. The highest BCUT2D eigenvalue weighted by molar-refractivity contribution is 7.89. The molecule has 7 heteroatoms. The normalized spacial score (nSPS) is 20.7. The van der Waals surface area contributed by atoms with Crippen LogP contribution in [0.1, 0.15) is 44.5 Å². The molecule has 1 amide bonds. The lowest BCUT2D eigenvalue weighted by Gasteiger charge is -2.42. The summed E-state index contributed by atoms with van der Waals surface area (Å²) in [6, 6.07) is 6.31. The maximum absolute atomic E-state index is 12.7. The molecule has 1 fully saturated rings. The van der Waals surface area contributed by atoms with Gasteiger partial charge < -0.3 is 10.6 Å². The molecule has 1 aromatic rings. The molecule has 140 valence electrons. The first kappa shape index (κ1) is 19.9. The monoisotopic (exact) mass is 367 g/mol. The van der Waals surface area contributed by atoms with Crippen LogP contribution in [0, 0.1) is 5.41 Å². The largest absolute Gasteiger partial charge is 0.338 e. The van der Waals surface area contributed by atoms with E-state index in [1.54, 1.807) is 17.0 Å². The zero-order valence-corrected chi connectivity index (χ0v) is 16.3. The van der Waals surface area contributed by atoms with E-state index in [2.05, 4.69) is 13.8 Å². The van der Waals surface area contributed by atoms with Gasteiger partial charge in [-0.05, 0) is 36.1 Å². The van der Waals surface area contributed by atoms with E-state index in [9.17, 15) is 13.2 Å². The van der Waals surface area contributed by atoms with E-state index in [0.717, 1.165) is 6.42 Å². The third-order valence-electron chi connectivity index (χ3n) is 5.04. The molecule has 1 atom stereocenters. The van der Waals surface area contributed by atoms with Crippen LogP contribution >= 0.6 is 0 Å². The Hall–Kier alpha value is -1.44. The molecule has 6 nitrogen and oxygen atoms in total. The summed E-state index contributed by atoms with van der Waals surface area (Å²) in [4.78, 5) is 14.7. The Morgan fingerprint density at radius 2 is 1.80 bits per heavy atom. The van der Waals surface area contributed by atoms with Gasteiger partial charge in [0.25, 0.3) is 5.91 Å². The van der Waals surface area contributed by atoms with Crippen LogP contribution in [0.15, 0.2) is 29.2 Å². The minimum atomic E-state index is -3.50. The van der Waals surface area contributed by atoms with Gasteiger partial charge >= 0.3 is 0 Å². The molecule has 0 spiro atoms. The fraction of sp³-hybridized carbons (Fsp3) is 0.611. The summed E-state index contributed by atoms with van der Waals surface area (Å²) in [6.07, 6.45) is 0.771. The average Bonchev–Trinajstić information content (AvgIpc) is 2.57. The van der Waals surface area contributed by atoms with Crippen molar-refractivity contribution >= 4 is 15.9 Å². The number of benzene rings is 1. The van der Waals surface area contributed by atoms with Crippen molar-refractivity contribution in [2.75, 3.05) is 26.2 Å². The number of sulfonamides is 1. The van der Waals surface area contributed by atoms with Gasteiger partial charge in [0, 0.05) is 37.8 Å². The summed E-state index contributed by atoms with van der Waals surface area (Å²) < 4.78 is 26.4. The van der Waals surface area contributed by atoms with Gasteiger partial charge in [-0.2, -0.15) is 4.31 Å². The second-order valence-electron chi connectivity index (χ2n) is 7.22. The Labute approximate surface area is 151 Å². The topological polar surface area (TPSA) is 83.7 Å². The second-order valence-corrected chi connectivity index (χ2v) is 9.16. The number of carbonyl (C=O) groups excluding carboxylic acids is 1. The Bertz CT molecular complexity index is 710. The molecule has 1 heterocycles. The maximum Gasteiger partial charge on any atom is 0.253 e. The van der Waals surface area contributed by atoms with Crippen molar-refractivity contribution < 1.29 is 13.2 Å². The van der Waals surface area contributed by atoms with Crippen LogP contribution in [0.25, 0.3) is 0 Å². The summed E-state index contributed by atoms with van der Waals surface area (Å²) >= 11 is 0. The van der Waals surface area contributed by atoms with E-state index < -0.39 is 10.0 Å². The molecule has 1 aliphatic rings. The number of piperidine rings is 1. The van der Waals surface area contributed by atoms with Crippen molar-refractivity contribution in [2.45, 2.75) is 45.1 Å². The number of carbonyl (C=O) groups is 1. The standard InChI is InChI=1S/C18H29N3O3S/c1-5-21(6-2)25(23,24)15-9-7-14(8-10-15)17(22)20-12-11-16(19)18(3,4)13-20/h7-10,16H,5-6,11-13,19H2,1-4H3. The summed E-state index contributed by atoms with van der Waals surface area (Å²) in [5.74, 6) is -0.0771. The lowest BCUT2D eigenvalue weighted by molar-refractivity contribution is 0.0533. The zero-order chi connectivity index (χ0) is 18.8. The number of likely N-dealkylation sites (tertiary alicyclic amines) is 1. The minimum Gasteiger partial charge on any atom is -0.338 e. The molecular weight excluding hydrogens is 338 g/mol. The number of nitrogens with two attached hydrogens (primary N) is 1. The molecule has 0 aromatic heterocycles. The fourth-order valence-electron chi connectivity index (χ4n) is 3.21. The quantitative estimate of drug-likeness (QED) is 0.862. The van der Waals surface area contributed by atoms with Gasteiger partial charge in [0.15, 0.2) is 0 Å². The van der Waals surface area contributed by atoms with E-state index in [0.29, 0.717) is 31.7 Å². The van der Waals surface area contributed by atoms with E-state index in [-0.39, 0.29) is 22.3 Å². The Balaban J connectivity index is 2.19. The van der Waals surface area contributed by atoms with Gasteiger partial charge in [-0.3, -0.25) is 4.79 Å². The van der Waals surface area contributed by atoms with Gasteiger partial charge in [0.1, 0.15) is 0 Å². The summed E-state index contributed by atoms with van der Waals surface area (Å²) in [5, 5.41) is 0. The van der Waals surface area contributed by atoms with Crippen molar-refractivity contribution in [1.29, 1.82) is 0 Å². The van der Waals surface area contributed by atoms with E-state index >= 15 is 0 Å². The first-order chi connectivity index (χ1) is 11.6. The molecular formula is C18H29N3O3S. The Kier molecular flexibility index (Phi) is 5.91. The van der Waals surface area contributed by atoms with Crippen LogP contribution in [0.3, 0.4) is 0 Å². The first-order valence-electron chi connectivity index (χ1n) is 8.78. The molecule has 2 N–H and O–H groups in total. The Morgan fingerprint density at radius 1 is 1.24 bits per heavy atom. The number of hydrogen-bond acceptors (Lipinski definition) is 4. The third-order valence-corrected chi connectivity index (χ3v) is 7.11. The lowest BCUT2D eigenvalue weighted by atomic mass is 9.79. The third kappa shape index (κ3) is 4.04. The predicted octanol–water partition coefficient (Wildman–Crippen LogP) is 1.92. The fourth-order valence-corrected chi connectivity index (χ4v) is 4.67. The van der Waals surface area contributed by atoms with Crippen molar-refractivity contribution in [2.24, 2.45) is 11.1 Å². The van der Waals surface area contributed by atoms with Crippen LogP contribution in [0.5, 0.6) is 0 Å². The van der Waals surface area contributed by atoms with Crippen molar-refractivity contribution in [3.63, 3.8) is 0 Å². The molecule has 0 aliphatic carbocycles. The molecule has 0 bridgehead atoms. The lowest BCUT2D eigenvalue weighted by Crippen LogP contribution is -2.54. The van der Waals surface area contributed by atoms with Crippen LogP contribution in [-0.4, -0.2) is 55.8 Å². The SMILES string of the molecule is CCN(CC)S(=O)(=O)c1ccc(C(=O)N2CCC(N)C(C)(C)C2)cc1. The maximum atomic E-state index is 12.7. The van der Waals surface area contributed by atoms with Gasteiger partial charge in [-0.25, -0.2) is 8.42 Å². The second kappa shape index (κ2) is 7.43. The van der Waals surface area contributed by atoms with Gasteiger partial charge in [0.2, 0.25) is 10.0 Å². The van der Waals surface area contributed by atoms with Crippen LogP contribution in [0.4, 0.5) is 0 Å². The molecule has 1 unspecified atom stereocenters. The van der Waals surface area contributed by atoms with E-state index in [1.807, 2.05) is 13.8 Å². The summed E-state index contributed by atoms with van der Waals surface area (Å²) in [6.45, 7) is 9.82. The highest BCUT2D eigenvalue weighted by atomic mass is 32.2. The van der Waals surface area contributed by atoms with E-state index in [1.165, 1.54) is 16.4 Å². The first-order valence-corrected chi connectivity index (χ1v) is 10.2. The number of amides is 1. The minimum absolute atomic E-state index is 0.0771. The van der Waals surface area contributed by atoms with Crippen LogP contribution in [0.2, 0.25) is 0 Å². The molecule has 1 aliphatic heterocycles. The predicted molar refractivity (Wildman–Crippen MR) is 98.8 cm³/mol. The van der Waals surface area contributed by atoms with Gasteiger partial charge in [0.05, 0.1) is 4.90 Å². The molecule has 0 saturated carbocycles. The van der Waals surface area contributed by atoms with Gasteiger partial charge in [-0.15, -0.1) is 0 Å². The van der Waals surface area contributed by atoms with Crippen molar-refractivity contribution in [1.82, 2.24) is 9.21 Å². The molecule has 2 rings (SSSR count). The number of nitrogens with zero attached hydrogens (tertiary/aromatic N) is 2. The van der Waals surface area contributed by atoms with Crippen LogP contribution < -0.4 is 5.73 Å². The smallest absolute Gasteiger partial charge is 0.253 e. The highest BCUT2D eigenvalue weighted by Gasteiger charge is 2.35. The zero-order valence-electron chi connectivity index (χ0n) is 15.5. The molecule has 25 heavy (non-hydrogen) atoms. The molecule has 1 aromatic carbocycles. The van der Waals surface area contributed by atoms with Crippen molar-refractivity contribution in [3.8, 4) is 0 Å². The highest BCUT2D eigenvalue weighted by Crippen LogP contribution is 2.28. The average molecular weight is 368 g/mol. The van der Waals surface area contributed by atoms with Gasteiger partial charge in [-0.1, -0.05) is 27.7 Å².